The van der Waals surface area contributed by atoms with Gasteiger partial charge in [0, 0.05) is 6.42 Å². The van der Waals surface area contributed by atoms with Crippen molar-refractivity contribution in [3.8, 4) is 0 Å². The molecule has 2 heteroatoms. The second kappa shape index (κ2) is 9.26. The topological polar surface area (TPSA) is 26.3 Å². The molecule has 0 saturated heterocycles. The van der Waals surface area contributed by atoms with Crippen molar-refractivity contribution in [3.05, 3.63) is 12.2 Å². The fraction of sp³-hybridized carbons (Fsp3) is 0.800. The number of carbonyl (C=O) groups is 1. The van der Waals surface area contributed by atoms with Gasteiger partial charge < -0.3 is 4.74 Å². The van der Waals surface area contributed by atoms with Crippen LogP contribution in [0.3, 0.4) is 0 Å². The Balaban J connectivity index is 3.47. The number of hydrogen-bond acceptors (Lipinski definition) is 2. The zero-order valence-corrected chi connectivity index (χ0v) is 11.9. The van der Waals surface area contributed by atoms with Gasteiger partial charge in [-0.2, -0.15) is 0 Å². The highest BCUT2D eigenvalue weighted by molar-refractivity contribution is 5.69. The van der Waals surface area contributed by atoms with Gasteiger partial charge in [-0.15, -0.1) is 6.58 Å². The normalized spacial score (nSPS) is 12.5. The van der Waals surface area contributed by atoms with E-state index in [1.807, 2.05) is 13.8 Å². The lowest BCUT2D eigenvalue weighted by Crippen LogP contribution is -2.10. The van der Waals surface area contributed by atoms with Crippen molar-refractivity contribution in [1.82, 2.24) is 0 Å². The van der Waals surface area contributed by atoms with E-state index in [0.717, 1.165) is 12.8 Å². The SMILES string of the molecule is C=C(C)CCC[C@H](C)CCOC(=O)CC(C)C. The molecule has 0 aliphatic rings. The van der Waals surface area contributed by atoms with Crippen molar-refractivity contribution in [1.29, 1.82) is 0 Å². The van der Waals surface area contributed by atoms with Crippen molar-refractivity contribution in [2.24, 2.45) is 11.8 Å². The van der Waals surface area contributed by atoms with Gasteiger partial charge in [0.25, 0.3) is 0 Å². The smallest absolute Gasteiger partial charge is 0.306 e. The molecule has 0 aliphatic heterocycles. The molecule has 2 nitrogen and oxygen atoms in total. The van der Waals surface area contributed by atoms with Crippen molar-refractivity contribution < 1.29 is 9.53 Å². The van der Waals surface area contributed by atoms with E-state index in [-0.39, 0.29) is 5.97 Å². The van der Waals surface area contributed by atoms with Crippen LogP contribution in [-0.2, 0) is 9.53 Å². The van der Waals surface area contributed by atoms with Crippen molar-refractivity contribution >= 4 is 5.97 Å². The largest absolute Gasteiger partial charge is 0.466 e. The first-order chi connectivity index (χ1) is 7.91. The summed E-state index contributed by atoms with van der Waals surface area (Å²) in [7, 11) is 0. The molecule has 0 unspecified atom stereocenters. The van der Waals surface area contributed by atoms with E-state index < -0.39 is 0 Å². The van der Waals surface area contributed by atoms with Gasteiger partial charge in [-0.25, -0.2) is 0 Å². The maximum atomic E-state index is 11.3. The molecule has 0 radical (unpaired) electrons. The third-order valence-corrected chi connectivity index (χ3v) is 2.75. The zero-order valence-electron chi connectivity index (χ0n) is 11.9. The van der Waals surface area contributed by atoms with Crippen LogP contribution < -0.4 is 0 Å². The third kappa shape index (κ3) is 11.5. The van der Waals surface area contributed by atoms with Crippen LogP contribution in [-0.4, -0.2) is 12.6 Å². The average Bonchev–Trinajstić information content (AvgIpc) is 2.15. The molecule has 0 heterocycles. The molecule has 0 spiro atoms. The molecule has 0 fully saturated rings. The van der Waals surface area contributed by atoms with E-state index in [4.69, 9.17) is 4.74 Å². The van der Waals surface area contributed by atoms with Gasteiger partial charge in [-0.05, 0) is 38.0 Å². The summed E-state index contributed by atoms with van der Waals surface area (Å²) >= 11 is 0. The molecule has 0 aromatic rings. The molecule has 0 N–H and O–H groups in total. The Morgan fingerprint density at radius 2 is 1.88 bits per heavy atom. The number of rotatable bonds is 9. The van der Waals surface area contributed by atoms with Gasteiger partial charge in [-0.1, -0.05) is 32.8 Å². The molecule has 0 aromatic carbocycles. The standard InChI is InChI=1S/C15H28O2/c1-12(2)7-6-8-14(5)9-10-17-15(16)11-13(3)4/h13-14H,1,6-11H2,2-5H3/t14-/m0/s1. The maximum absolute atomic E-state index is 11.3. The van der Waals surface area contributed by atoms with Crippen molar-refractivity contribution in [2.75, 3.05) is 6.61 Å². The first-order valence-corrected chi connectivity index (χ1v) is 6.71. The summed E-state index contributed by atoms with van der Waals surface area (Å²) in [6.45, 7) is 12.8. The van der Waals surface area contributed by atoms with Crippen LogP contribution in [0.1, 0.15) is 59.8 Å². The Morgan fingerprint density at radius 1 is 1.24 bits per heavy atom. The lowest BCUT2D eigenvalue weighted by atomic mass is 9.99. The molecule has 0 bridgehead atoms. The van der Waals surface area contributed by atoms with E-state index in [1.165, 1.54) is 18.4 Å². The summed E-state index contributed by atoms with van der Waals surface area (Å²) in [6.07, 6.45) is 4.99. The summed E-state index contributed by atoms with van der Waals surface area (Å²) in [5.74, 6) is 0.950. The van der Waals surface area contributed by atoms with Crippen LogP contribution in [0.5, 0.6) is 0 Å². The Morgan fingerprint density at radius 3 is 2.41 bits per heavy atom. The van der Waals surface area contributed by atoms with Gasteiger partial charge in [0.15, 0.2) is 0 Å². The van der Waals surface area contributed by atoms with Gasteiger partial charge in [0.2, 0.25) is 0 Å². The summed E-state index contributed by atoms with van der Waals surface area (Å²) < 4.78 is 5.19. The van der Waals surface area contributed by atoms with Crippen molar-refractivity contribution in [2.45, 2.75) is 59.8 Å². The highest BCUT2D eigenvalue weighted by Gasteiger charge is 2.07. The fourth-order valence-corrected chi connectivity index (χ4v) is 1.66. The number of allylic oxidation sites excluding steroid dienone is 1. The minimum atomic E-state index is -0.0610. The molecule has 0 rings (SSSR count). The van der Waals surface area contributed by atoms with Crippen LogP contribution in [0, 0.1) is 11.8 Å². The zero-order chi connectivity index (χ0) is 13.3. The van der Waals surface area contributed by atoms with Crippen LogP contribution in [0.15, 0.2) is 12.2 Å². The van der Waals surface area contributed by atoms with E-state index in [2.05, 4.69) is 20.4 Å². The van der Waals surface area contributed by atoms with Crippen LogP contribution in [0.2, 0.25) is 0 Å². The van der Waals surface area contributed by atoms with Gasteiger partial charge in [0.05, 0.1) is 6.61 Å². The summed E-state index contributed by atoms with van der Waals surface area (Å²) in [5.41, 5.74) is 1.25. The first kappa shape index (κ1) is 16.2. The second-order valence-electron chi connectivity index (χ2n) is 5.56. The van der Waals surface area contributed by atoms with Crippen molar-refractivity contribution in [3.63, 3.8) is 0 Å². The Hall–Kier alpha value is -0.790. The fourth-order valence-electron chi connectivity index (χ4n) is 1.66. The number of ether oxygens (including phenoxy) is 1. The highest BCUT2D eigenvalue weighted by Crippen LogP contribution is 2.14. The Kier molecular flexibility index (Phi) is 8.83. The average molecular weight is 240 g/mol. The summed E-state index contributed by atoms with van der Waals surface area (Å²) in [6, 6.07) is 0. The molecule has 0 aromatic heterocycles. The predicted molar refractivity (Wildman–Crippen MR) is 72.9 cm³/mol. The van der Waals surface area contributed by atoms with Gasteiger partial charge >= 0.3 is 5.97 Å². The number of esters is 1. The highest BCUT2D eigenvalue weighted by atomic mass is 16.5. The Bertz CT molecular complexity index is 231. The quantitative estimate of drug-likeness (QED) is 0.442. The molecule has 100 valence electrons. The minimum absolute atomic E-state index is 0.0610. The molecule has 0 saturated carbocycles. The maximum Gasteiger partial charge on any atom is 0.306 e. The van der Waals surface area contributed by atoms with Crippen LogP contribution in [0.4, 0.5) is 0 Å². The molecular weight excluding hydrogens is 212 g/mol. The summed E-state index contributed by atoms with van der Waals surface area (Å²) in [4.78, 5) is 11.3. The lowest BCUT2D eigenvalue weighted by molar-refractivity contribution is -0.144. The second-order valence-corrected chi connectivity index (χ2v) is 5.56. The van der Waals surface area contributed by atoms with Gasteiger partial charge in [-0.3, -0.25) is 4.79 Å². The van der Waals surface area contributed by atoms with Crippen LogP contribution in [0.25, 0.3) is 0 Å². The molecular formula is C15H28O2. The molecule has 17 heavy (non-hydrogen) atoms. The first-order valence-electron chi connectivity index (χ1n) is 6.71. The number of hydrogen-bond donors (Lipinski definition) is 0. The van der Waals surface area contributed by atoms with E-state index in [9.17, 15) is 4.79 Å². The van der Waals surface area contributed by atoms with E-state index in [1.54, 1.807) is 0 Å². The number of carbonyl (C=O) groups excluding carboxylic acids is 1. The molecule has 1 atom stereocenters. The Labute approximate surface area is 106 Å². The van der Waals surface area contributed by atoms with E-state index >= 15 is 0 Å². The van der Waals surface area contributed by atoms with Gasteiger partial charge in [0.1, 0.15) is 0 Å². The monoisotopic (exact) mass is 240 g/mol. The molecule has 0 amide bonds. The van der Waals surface area contributed by atoms with Crippen LogP contribution >= 0.6 is 0 Å². The lowest BCUT2D eigenvalue weighted by Gasteiger charge is -2.12. The third-order valence-electron chi connectivity index (χ3n) is 2.75. The summed E-state index contributed by atoms with van der Waals surface area (Å²) in [5, 5.41) is 0. The minimum Gasteiger partial charge on any atom is -0.466 e. The molecule has 0 aliphatic carbocycles. The predicted octanol–water partition coefficient (Wildman–Crippen LogP) is 4.35. The van der Waals surface area contributed by atoms with E-state index in [0.29, 0.717) is 24.9 Å².